The fourth-order valence-corrected chi connectivity index (χ4v) is 1.90. The summed E-state index contributed by atoms with van der Waals surface area (Å²) in [5.41, 5.74) is 6.17. The summed E-state index contributed by atoms with van der Waals surface area (Å²) in [5, 5.41) is 11.2. The third-order valence-electron chi connectivity index (χ3n) is 1.97. The smallest absolute Gasteiger partial charge is 0.234 e. The molecule has 0 heterocycles. The largest absolute Gasteiger partial charge is 0.397 e. The van der Waals surface area contributed by atoms with Crippen molar-refractivity contribution in [1.29, 1.82) is 0 Å². The predicted molar refractivity (Wildman–Crippen MR) is 68.5 cm³/mol. The lowest BCUT2D eigenvalue weighted by atomic mass is 10.2. The summed E-state index contributed by atoms with van der Waals surface area (Å²) in [6.07, 6.45) is 0.663. The summed E-state index contributed by atoms with van der Waals surface area (Å²) in [6.45, 7) is 0.125. The van der Waals surface area contributed by atoms with Crippen LogP contribution in [0.5, 0.6) is 0 Å². The van der Waals surface area contributed by atoms with Crippen molar-refractivity contribution in [2.24, 2.45) is 0 Å². The van der Waals surface area contributed by atoms with E-state index in [1.807, 2.05) is 0 Å². The number of nitrogens with one attached hydrogen (secondary N) is 1. The van der Waals surface area contributed by atoms with Gasteiger partial charge in [-0.05, 0) is 30.4 Å². The molecule has 4 N–H and O–H groups in total. The van der Waals surface area contributed by atoms with Crippen LogP contribution in [-0.2, 0) is 4.79 Å². The molecule has 1 amide bonds. The fourth-order valence-electron chi connectivity index (χ4n) is 1.17. The second-order valence-corrected chi connectivity index (χ2v) is 4.51. The summed E-state index contributed by atoms with van der Waals surface area (Å²) in [5.74, 6) is 0.392. The number of carbonyl (C=O) groups is 1. The van der Waals surface area contributed by atoms with Gasteiger partial charge in [0, 0.05) is 6.61 Å². The van der Waals surface area contributed by atoms with Crippen LogP contribution in [0.2, 0.25) is 0 Å². The average Bonchev–Trinajstić information content (AvgIpc) is 2.28. The topological polar surface area (TPSA) is 75.3 Å². The van der Waals surface area contributed by atoms with E-state index in [4.69, 9.17) is 10.8 Å². The minimum absolute atomic E-state index is 0.125. The van der Waals surface area contributed by atoms with Gasteiger partial charge in [-0.2, -0.15) is 11.8 Å². The molecule has 6 heteroatoms. The molecule has 17 heavy (non-hydrogen) atoms. The Morgan fingerprint density at radius 3 is 2.94 bits per heavy atom. The molecule has 1 aromatic carbocycles. The highest BCUT2D eigenvalue weighted by Crippen LogP contribution is 2.19. The van der Waals surface area contributed by atoms with Gasteiger partial charge < -0.3 is 16.2 Å². The first-order valence-electron chi connectivity index (χ1n) is 5.17. The van der Waals surface area contributed by atoms with Gasteiger partial charge in [0.15, 0.2) is 0 Å². The van der Waals surface area contributed by atoms with Crippen molar-refractivity contribution in [3.05, 3.63) is 24.0 Å². The number of thioether (sulfide) groups is 1. The van der Waals surface area contributed by atoms with Crippen molar-refractivity contribution in [2.45, 2.75) is 6.42 Å². The van der Waals surface area contributed by atoms with E-state index in [-0.39, 0.29) is 24.0 Å². The molecule has 94 valence electrons. The normalized spacial score (nSPS) is 10.2. The van der Waals surface area contributed by atoms with Crippen LogP contribution in [0.15, 0.2) is 18.2 Å². The molecule has 1 rings (SSSR count). The maximum atomic E-state index is 12.8. The Morgan fingerprint density at radius 1 is 1.53 bits per heavy atom. The molecular weight excluding hydrogens is 243 g/mol. The summed E-state index contributed by atoms with van der Waals surface area (Å²) >= 11 is 1.43. The van der Waals surface area contributed by atoms with Crippen molar-refractivity contribution in [3.8, 4) is 0 Å². The number of hydrogen-bond donors (Lipinski definition) is 3. The highest BCUT2D eigenvalue weighted by molar-refractivity contribution is 7.99. The third-order valence-corrected chi connectivity index (χ3v) is 3.01. The minimum Gasteiger partial charge on any atom is -0.397 e. The van der Waals surface area contributed by atoms with Crippen LogP contribution in [0.25, 0.3) is 0 Å². The maximum absolute atomic E-state index is 12.8. The highest BCUT2D eigenvalue weighted by atomic mass is 32.2. The number of nitrogen functional groups attached to an aromatic ring is 1. The number of aliphatic hydroxyl groups excluding tert-OH is 1. The zero-order chi connectivity index (χ0) is 12.7. The minimum atomic E-state index is -0.433. The van der Waals surface area contributed by atoms with Crippen LogP contribution in [0.3, 0.4) is 0 Å². The van der Waals surface area contributed by atoms with Gasteiger partial charge in [0.05, 0.1) is 17.1 Å². The first kappa shape index (κ1) is 13.8. The Morgan fingerprint density at radius 2 is 2.29 bits per heavy atom. The molecule has 0 saturated carbocycles. The van der Waals surface area contributed by atoms with Crippen LogP contribution < -0.4 is 11.1 Å². The van der Waals surface area contributed by atoms with Gasteiger partial charge in [-0.25, -0.2) is 4.39 Å². The van der Waals surface area contributed by atoms with Crippen LogP contribution in [-0.4, -0.2) is 29.1 Å². The predicted octanol–water partition coefficient (Wildman–Crippen LogP) is 1.46. The van der Waals surface area contributed by atoms with E-state index in [1.165, 1.54) is 23.9 Å². The number of halogens is 1. The number of amides is 1. The highest BCUT2D eigenvalue weighted by Gasteiger charge is 2.05. The van der Waals surface area contributed by atoms with E-state index in [0.29, 0.717) is 12.1 Å². The second kappa shape index (κ2) is 7.13. The molecule has 0 bridgehead atoms. The number of carbonyl (C=O) groups excluding carboxylic acids is 1. The summed E-state index contributed by atoms with van der Waals surface area (Å²) in [7, 11) is 0. The van der Waals surface area contributed by atoms with E-state index >= 15 is 0 Å². The van der Waals surface area contributed by atoms with Crippen molar-refractivity contribution < 1.29 is 14.3 Å². The Balaban J connectivity index is 2.40. The lowest BCUT2D eigenvalue weighted by Gasteiger charge is -2.07. The van der Waals surface area contributed by atoms with Crippen LogP contribution in [0, 0.1) is 5.82 Å². The van der Waals surface area contributed by atoms with Gasteiger partial charge in [0.2, 0.25) is 5.91 Å². The van der Waals surface area contributed by atoms with Gasteiger partial charge in [0.25, 0.3) is 0 Å². The van der Waals surface area contributed by atoms with E-state index in [2.05, 4.69) is 5.32 Å². The standard InChI is InChI=1S/C11H15FN2O2S/c12-8-2-3-10(9(13)6-8)14-11(16)7-17-5-1-4-15/h2-3,6,15H,1,4-5,7,13H2,(H,14,16). The zero-order valence-electron chi connectivity index (χ0n) is 9.28. The number of nitrogens with two attached hydrogens (primary N) is 1. The van der Waals surface area contributed by atoms with Crippen molar-refractivity contribution in [3.63, 3.8) is 0 Å². The maximum Gasteiger partial charge on any atom is 0.234 e. The van der Waals surface area contributed by atoms with Crippen molar-refractivity contribution in [1.82, 2.24) is 0 Å². The zero-order valence-corrected chi connectivity index (χ0v) is 10.1. The van der Waals surface area contributed by atoms with Gasteiger partial charge in [-0.15, -0.1) is 0 Å². The number of aliphatic hydroxyl groups is 1. The SMILES string of the molecule is Nc1cc(F)ccc1NC(=O)CSCCCO. The van der Waals surface area contributed by atoms with E-state index in [9.17, 15) is 9.18 Å². The van der Waals surface area contributed by atoms with Crippen LogP contribution in [0.1, 0.15) is 6.42 Å². The molecule has 0 saturated heterocycles. The Labute approximate surface area is 103 Å². The Bertz CT molecular complexity index is 388. The summed E-state index contributed by atoms with van der Waals surface area (Å²) < 4.78 is 12.8. The molecular formula is C11H15FN2O2S. The van der Waals surface area contributed by atoms with Gasteiger partial charge in [-0.3, -0.25) is 4.79 Å². The second-order valence-electron chi connectivity index (χ2n) is 3.41. The molecule has 0 aliphatic heterocycles. The summed E-state index contributed by atoms with van der Waals surface area (Å²) in [6, 6.07) is 3.83. The molecule has 0 aliphatic rings. The lowest BCUT2D eigenvalue weighted by molar-refractivity contribution is -0.113. The van der Waals surface area contributed by atoms with Crippen LogP contribution in [0.4, 0.5) is 15.8 Å². The molecule has 4 nitrogen and oxygen atoms in total. The molecule has 0 aliphatic carbocycles. The number of hydrogen-bond acceptors (Lipinski definition) is 4. The molecule has 0 unspecified atom stereocenters. The number of benzene rings is 1. The van der Waals surface area contributed by atoms with Crippen molar-refractivity contribution >= 4 is 29.0 Å². The van der Waals surface area contributed by atoms with Gasteiger partial charge in [0.1, 0.15) is 5.82 Å². The quantitative estimate of drug-likeness (QED) is 0.533. The van der Waals surface area contributed by atoms with E-state index < -0.39 is 5.82 Å². The first-order chi connectivity index (χ1) is 8.13. The molecule has 0 atom stereocenters. The molecule has 0 fully saturated rings. The number of anilines is 2. The molecule has 0 radical (unpaired) electrons. The molecule has 1 aromatic rings. The monoisotopic (exact) mass is 258 g/mol. The van der Waals surface area contributed by atoms with Crippen LogP contribution >= 0.6 is 11.8 Å². The first-order valence-corrected chi connectivity index (χ1v) is 6.32. The lowest BCUT2D eigenvalue weighted by Crippen LogP contribution is -2.15. The Hall–Kier alpha value is -1.27. The fraction of sp³-hybridized carbons (Fsp3) is 0.364. The molecule has 0 aromatic heterocycles. The Kier molecular flexibility index (Phi) is 5.79. The van der Waals surface area contributed by atoms with Gasteiger partial charge >= 0.3 is 0 Å². The van der Waals surface area contributed by atoms with E-state index in [1.54, 1.807) is 0 Å². The third kappa shape index (κ3) is 5.06. The van der Waals surface area contributed by atoms with E-state index in [0.717, 1.165) is 11.8 Å². The summed E-state index contributed by atoms with van der Waals surface area (Å²) in [4.78, 5) is 11.5. The average molecular weight is 258 g/mol. The van der Waals surface area contributed by atoms with Crippen molar-refractivity contribution in [2.75, 3.05) is 29.2 Å². The number of rotatable bonds is 6. The van der Waals surface area contributed by atoms with Gasteiger partial charge in [-0.1, -0.05) is 0 Å². The molecule has 0 spiro atoms.